The van der Waals surface area contributed by atoms with Crippen molar-refractivity contribution in [3.8, 4) is 28.1 Å². The van der Waals surface area contributed by atoms with Gasteiger partial charge in [0.2, 0.25) is 0 Å². The molecule has 70 heavy (non-hydrogen) atoms. The molecule has 11 aromatic carbocycles. The third-order valence-corrected chi connectivity index (χ3v) is 14.0. The first-order valence-electron chi connectivity index (χ1n) is 24.2. The van der Waals surface area contributed by atoms with E-state index in [0.29, 0.717) is 0 Å². The summed E-state index contributed by atoms with van der Waals surface area (Å²) < 4.78 is 2.40. The largest absolute Gasteiger partial charge is 0.310 e. The van der Waals surface area contributed by atoms with Crippen molar-refractivity contribution in [2.75, 3.05) is 4.90 Å². The van der Waals surface area contributed by atoms with Crippen LogP contribution in [-0.4, -0.2) is 9.55 Å². The van der Waals surface area contributed by atoms with Gasteiger partial charge in [0, 0.05) is 55.2 Å². The lowest BCUT2D eigenvalue weighted by Crippen LogP contribution is -2.11. The number of anilines is 3. The summed E-state index contributed by atoms with van der Waals surface area (Å²) in [6.45, 7) is 0. The molecule has 0 atom stereocenters. The second-order valence-electron chi connectivity index (χ2n) is 18.3. The molecule has 0 amide bonds. The average molecular weight is 894 g/mol. The molecule has 0 spiro atoms. The molecule has 2 heterocycles. The van der Waals surface area contributed by atoms with E-state index in [1.807, 2.05) is 0 Å². The molecule has 0 radical (unpaired) electrons. The number of hydrogen-bond donors (Lipinski definition) is 0. The van der Waals surface area contributed by atoms with Crippen molar-refractivity contribution in [3.63, 3.8) is 0 Å². The number of fused-ring (bicyclic) bond motifs is 8. The van der Waals surface area contributed by atoms with Gasteiger partial charge in [-0.05, 0) is 124 Å². The normalized spacial score (nSPS) is 11.5. The summed E-state index contributed by atoms with van der Waals surface area (Å²) in [6, 6.07) is 94.8. The fourth-order valence-corrected chi connectivity index (χ4v) is 10.8. The number of pyridine rings is 1. The van der Waals surface area contributed by atoms with Crippen molar-refractivity contribution < 1.29 is 0 Å². The van der Waals surface area contributed by atoms with Crippen molar-refractivity contribution in [1.29, 1.82) is 0 Å². The van der Waals surface area contributed by atoms with Gasteiger partial charge in [-0.15, -0.1) is 0 Å². The van der Waals surface area contributed by atoms with Crippen LogP contribution in [0.2, 0.25) is 0 Å². The lowest BCUT2D eigenvalue weighted by Gasteiger charge is -2.27. The number of hydrogen-bond acceptors (Lipinski definition) is 2. The molecule has 3 heteroatoms. The SMILES string of the molecule is c1ccc(Cc2ccccc2-c2ccc(N(c3ccc(-c4nc5ccccc5c5c4ccc4c5c5ccccc5n4-c4ccccc4)cc3)c3ccc4ccccc4c3)cc2Cc2ccccc2)cc1. The molecule has 0 N–H and O–H groups in total. The maximum absolute atomic E-state index is 5.45. The van der Waals surface area contributed by atoms with Crippen LogP contribution in [0.25, 0.3) is 82.3 Å². The van der Waals surface area contributed by atoms with Crippen molar-refractivity contribution in [3.05, 3.63) is 283 Å². The molecule has 13 aromatic rings. The third kappa shape index (κ3) is 7.36. The van der Waals surface area contributed by atoms with E-state index in [1.54, 1.807) is 0 Å². The molecule has 0 bridgehead atoms. The number of aromatic nitrogens is 2. The van der Waals surface area contributed by atoms with E-state index in [9.17, 15) is 0 Å². The van der Waals surface area contributed by atoms with Crippen LogP contribution in [0, 0.1) is 0 Å². The van der Waals surface area contributed by atoms with E-state index in [2.05, 4.69) is 270 Å². The summed E-state index contributed by atoms with van der Waals surface area (Å²) in [4.78, 5) is 7.87. The number of benzene rings is 11. The summed E-state index contributed by atoms with van der Waals surface area (Å²) in [5, 5.41) is 8.40. The highest BCUT2D eigenvalue weighted by molar-refractivity contribution is 6.29. The molecule has 0 aliphatic heterocycles. The first-order chi connectivity index (χ1) is 34.7. The van der Waals surface area contributed by atoms with E-state index in [4.69, 9.17) is 4.98 Å². The topological polar surface area (TPSA) is 21.1 Å². The van der Waals surface area contributed by atoms with Gasteiger partial charge in [-0.2, -0.15) is 0 Å². The Bertz CT molecular complexity index is 4040. The Morgan fingerprint density at radius 3 is 1.73 bits per heavy atom. The summed E-state index contributed by atoms with van der Waals surface area (Å²) in [6.07, 6.45) is 1.66. The zero-order valence-corrected chi connectivity index (χ0v) is 38.6. The van der Waals surface area contributed by atoms with Crippen molar-refractivity contribution in [1.82, 2.24) is 9.55 Å². The second kappa shape index (κ2) is 17.6. The smallest absolute Gasteiger partial charge is 0.0788 e. The van der Waals surface area contributed by atoms with E-state index >= 15 is 0 Å². The minimum absolute atomic E-state index is 0.798. The fourth-order valence-electron chi connectivity index (χ4n) is 10.8. The monoisotopic (exact) mass is 893 g/mol. The van der Waals surface area contributed by atoms with E-state index in [1.165, 1.54) is 71.3 Å². The van der Waals surface area contributed by atoms with Crippen LogP contribution in [0.4, 0.5) is 17.1 Å². The highest BCUT2D eigenvalue weighted by Gasteiger charge is 2.21. The minimum Gasteiger partial charge on any atom is -0.310 e. The van der Waals surface area contributed by atoms with E-state index < -0.39 is 0 Å². The molecule has 0 saturated heterocycles. The lowest BCUT2D eigenvalue weighted by molar-refractivity contribution is 1.16. The van der Waals surface area contributed by atoms with Gasteiger partial charge >= 0.3 is 0 Å². The summed E-state index contributed by atoms with van der Waals surface area (Å²) in [5.41, 5.74) is 17.5. The molecular formula is C67H47N3. The third-order valence-electron chi connectivity index (χ3n) is 14.0. The minimum atomic E-state index is 0.798. The molecule has 3 nitrogen and oxygen atoms in total. The average Bonchev–Trinajstić information content (AvgIpc) is 3.77. The van der Waals surface area contributed by atoms with Crippen molar-refractivity contribution in [2.45, 2.75) is 12.8 Å². The predicted octanol–water partition coefficient (Wildman–Crippen LogP) is 17.6. The van der Waals surface area contributed by atoms with Gasteiger partial charge in [-0.25, -0.2) is 4.98 Å². The van der Waals surface area contributed by atoms with Crippen LogP contribution in [0.15, 0.2) is 261 Å². The molecule has 0 fully saturated rings. The van der Waals surface area contributed by atoms with Gasteiger partial charge in [-0.3, -0.25) is 0 Å². The van der Waals surface area contributed by atoms with Crippen LogP contribution >= 0.6 is 0 Å². The Labute approximate surface area is 407 Å². The van der Waals surface area contributed by atoms with Gasteiger partial charge in [0.1, 0.15) is 0 Å². The first kappa shape index (κ1) is 41.2. The Kier molecular flexibility index (Phi) is 10.3. The van der Waals surface area contributed by atoms with Crippen LogP contribution in [0.1, 0.15) is 22.3 Å². The van der Waals surface area contributed by atoms with Crippen LogP contribution in [0.5, 0.6) is 0 Å². The molecule has 2 aromatic heterocycles. The standard InChI is InChI=1S/C67H47N3/c1-4-18-46(19-5-1)42-51-24-12-13-27-57(51)58-39-38-56(45-52(58)43-47-20-6-2-7-21-47)69(55-37-32-48-22-10-11-23-50(48)44-55)54-35-33-49(34-36-54)67-61-40-41-64-66(65(61)59-28-14-16-30-62(59)68-67)60-29-15-17-31-63(60)70(64)53-25-8-3-9-26-53/h1-41,44-45H,42-43H2. The van der Waals surface area contributed by atoms with Crippen LogP contribution in [-0.2, 0) is 12.8 Å². The maximum Gasteiger partial charge on any atom is 0.0788 e. The molecule has 0 unspecified atom stereocenters. The predicted molar refractivity (Wildman–Crippen MR) is 295 cm³/mol. The summed E-state index contributed by atoms with van der Waals surface area (Å²) in [5.74, 6) is 0. The Balaban J connectivity index is 0.977. The van der Waals surface area contributed by atoms with Gasteiger partial charge in [-0.1, -0.05) is 194 Å². The molecule has 0 aliphatic rings. The van der Waals surface area contributed by atoms with Gasteiger partial charge < -0.3 is 9.47 Å². The fraction of sp³-hybridized carbons (Fsp3) is 0.0299. The molecular weight excluding hydrogens is 847 g/mol. The van der Waals surface area contributed by atoms with Gasteiger partial charge in [0.25, 0.3) is 0 Å². The van der Waals surface area contributed by atoms with Crippen LogP contribution in [0.3, 0.4) is 0 Å². The zero-order valence-electron chi connectivity index (χ0n) is 38.6. The first-order valence-corrected chi connectivity index (χ1v) is 24.2. The van der Waals surface area contributed by atoms with E-state index in [0.717, 1.165) is 63.1 Å². The molecule has 330 valence electrons. The lowest BCUT2D eigenvalue weighted by atomic mass is 9.89. The Hall–Kier alpha value is -9.05. The Morgan fingerprint density at radius 1 is 0.357 bits per heavy atom. The summed E-state index contributed by atoms with van der Waals surface area (Å²) >= 11 is 0. The highest BCUT2D eigenvalue weighted by atomic mass is 15.1. The maximum atomic E-state index is 5.45. The summed E-state index contributed by atoms with van der Waals surface area (Å²) in [7, 11) is 0. The molecule has 13 rings (SSSR count). The number of para-hydroxylation sites is 3. The van der Waals surface area contributed by atoms with Crippen LogP contribution < -0.4 is 4.90 Å². The number of rotatable bonds is 10. The Morgan fingerprint density at radius 2 is 0.943 bits per heavy atom. The number of nitrogens with zero attached hydrogens (tertiary/aromatic N) is 3. The molecule has 0 aliphatic carbocycles. The van der Waals surface area contributed by atoms with Gasteiger partial charge in [0.15, 0.2) is 0 Å². The van der Waals surface area contributed by atoms with E-state index in [-0.39, 0.29) is 0 Å². The zero-order chi connectivity index (χ0) is 46.4. The van der Waals surface area contributed by atoms with Crippen molar-refractivity contribution >= 4 is 71.3 Å². The molecule has 0 saturated carbocycles. The van der Waals surface area contributed by atoms with Crippen molar-refractivity contribution in [2.24, 2.45) is 0 Å². The highest BCUT2D eigenvalue weighted by Crippen LogP contribution is 2.44. The van der Waals surface area contributed by atoms with Gasteiger partial charge in [0.05, 0.1) is 22.2 Å². The quantitative estimate of drug-likeness (QED) is 0.128. The second-order valence-corrected chi connectivity index (χ2v) is 18.3.